The van der Waals surface area contributed by atoms with Gasteiger partial charge < -0.3 is 4.43 Å². The van der Waals surface area contributed by atoms with Crippen LogP contribution in [0.1, 0.15) is 33.4 Å². The molecular weight excluding hydrogens is 396 g/mol. The molecule has 0 atom stereocenters. The number of carbonyl (C=O) groups is 1. The van der Waals surface area contributed by atoms with Gasteiger partial charge in [-0.15, -0.1) is 0 Å². The number of aryl methyl sites for hydroxylation is 6. The molecule has 0 saturated heterocycles. The molecule has 0 radical (unpaired) electrons. The summed E-state index contributed by atoms with van der Waals surface area (Å²) in [6, 6.07) is 9.20. The molecule has 2 aromatic carbocycles. The topological polar surface area (TPSA) is 26.3 Å². The molecule has 2 rings (SSSR count). The molecule has 0 aliphatic heterocycles. The Bertz CT molecular complexity index is 810. The van der Waals surface area contributed by atoms with Crippen molar-refractivity contribution in [3.8, 4) is 0 Å². The molecule has 0 bridgehead atoms. The molecule has 0 aliphatic rings. The number of benzene rings is 2. The summed E-state index contributed by atoms with van der Waals surface area (Å²) in [7, 11) is -4.60. The first-order valence-corrected chi connectivity index (χ1v) is 16.8. The SMILES string of the molecule is Cc1cc(C)c([Si](S)(OC(=O)C[Si](C)(C)C)c2c(C)cc(C)cc2C)c(C)c1. The summed E-state index contributed by atoms with van der Waals surface area (Å²) < 4.78 is 6.39. The number of hydrogen-bond donors (Lipinski definition) is 1. The maximum Gasteiger partial charge on any atom is 0.379 e. The summed E-state index contributed by atoms with van der Waals surface area (Å²) >= 11 is 5.25. The van der Waals surface area contributed by atoms with Gasteiger partial charge in [0.05, 0.1) is 8.07 Å². The van der Waals surface area contributed by atoms with E-state index in [0.29, 0.717) is 6.04 Å². The number of hydrogen-bond acceptors (Lipinski definition) is 3. The van der Waals surface area contributed by atoms with E-state index in [4.69, 9.17) is 16.5 Å². The van der Waals surface area contributed by atoms with Crippen LogP contribution in [0.3, 0.4) is 0 Å². The van der Waals surface area contributed by atoms with Gasteiger partial charge in [0.15, 0.2) is 0 Å². The minimum Gasteiger partial charge on any atom is -0.501 e. The highest BCUT2D eigenvalue weighted by atomic mass is 32.3. The van der Waals surface area contributed by atoms with E-state index in [9.17, 15) is 4.79 Å². The molecule has 0 heterocycles. The van der Waals surface area contributed by atoms with E-state index in [0.717, 1.165) is 32.6 Å². The minimum atomic E-state index is -3.02. The van der Waals surface area contributed by atoms with Gasteiger partial charge in [0.2, 0.25) is 0 Å². The van der Waals surface area contributed by atoms with Crippen molar-refractivity contribution in [1.82, 2.24) is 0 Å². The van der Waals surface area contributed by atoms with Crippen LogP contribution in [0.5, 0.6) is 0 Å². The average molecular weight is 431 g/mol. The second-order valence-corrected chi connectivity index (χ2v) is 19.3. The van der Waals surface area contributed by atoms with Crippen molar-refractivity contribution >= 4 is 44.0 Å². The van der Waals surface area contributed by atoms with Crippen LogP contribution in [0, 0.1) is 41.5 Å². The molecular formula is C23H34O2SSi2. The highest BCUT2D eigenvalue weighted by molar-refractivity contribution is 8.17. The fourth-order valence-electron chi connectivity index (χ4n) is 4.29. The molecule has 2 nitrogen and oxygen atoms in total. The molecule has 0 aromatic heterocycles. The van der Waals surface area contributed by atoms with Gasteiger partial charge in [-0.1, -0.05) is 55.0 Å². The van der Waals surface area contributed by atoms with Crippen LogP contribution in [0.2, 0.25) is 25.7 Å². The Morgan fingerprint density at radius 2 is 1.11 bits per heavy atom. The maximum absolute atomic E-state index is 13.0. The first-order chi connectivity index (χ1) is 12.7. The van der Waals surface area contributed by atoms with Crippen molar-refractivity contribution in [2.24, 2.45) is 0 Å². The number of carbonyl (C=O) groups excluding carboxylic acids is 1. The second-order valence-electron chi connectivity index (χ2n) is 9.40. The van der Waals surface area contributed by atoms with E-state index in [1.807, 2.05) is 0 Å². The highest BCUT2D eigenvalue weighted by Crippen LogP contribution is 2.24. The molecule has 28 heavy (non-hydrogen) atoms. The Labute approximate surface area is 177 Å². The zero-order valence-corrected chi connectivity index (χ0v) is 21.7. The number of thiol groups is 1. The highest BCUT2D eigenvalue weighted by Gasteiger charge is 2.45. The molecule has 0 saturated carbocycles. The lowest BCUT2D eigenvalue weighted by Crippen LogP contribution is -2.61. The van der Waals surface area contributed by atoms with Crippen LogP contribution in [-0.4, -0.2) is 21.5 Å². The van der Waals surface area contributed by atoms with Crippen LogP contribution in [0.15, 0.2) is 24.3 Å². The molecule has 0 aliphatic carbocycles. The minimum absolute atomic E-state index is 0.111. The van der Waals surface area contributed by atoms with E-state index in [1.165, 1.54) is 11.1 Å². The molecule has 152 valence electrons. The smallest absolute Gasteiger partial charge is 0.379 e. The third-order valence-electron chi connectivity index (χ3n) is 4.97. The Morgan fingerprint density at radius 1 is 0.786 bits per heavy atom. The Kier molecular flexibility index (Phi) is 6.73. The van der Waals surface area contributed by atoms with Gasteiger partial charge in [-0.05, 0) is 74.2 Å². The number of rotatable bonds is 5. The summed E-state index contributed by atoms with van der Waals surface area (Å²) in [5.74, 6) is -0.111. The Hall–Kier alpha value is -1.31. The summed E-state index contributed by atoms with van der Waals surface area (Å²) in [6.45, 7) is 19.2. The van der Waals surface area contributed by atoms with Crippen LogP contribution >= 0.6 is 12.1 Å². The van der Waals surface area contributed by atoms with Gasteiger partial charge in [0.25, 0.3) is 5.97 Å². The zero-order chi connectivity index (χ0) is 21.4. The average Bonchev–Trinajstić information content (AvgIpc) is 2.41. The Morgan fingerprint density at radius 3 is 1.39 bits per heavy atom. The van der Waals surface area contributed by atoms with E-state index >= 15 is 0 Å². The lowest BCUT2D eigenvalue weighted by Gasteiger charge is -2.33. The van der Waals surface area contributed by atoms with Crippen LogP contribution in [0.25, 0.3) is 0 Å². The normalized spacial score (nSPS) is 12.2. The van der Waals surface area contributed by atoms with Gasteiger partial charge >= 0.3 is 7.47 Å². The Balaban J connectivity index is 2.75. The largest absolute Gasteiger partial charge is 0.501 e. The predicted molar refractivity (Wildman–Crippen MR) is 130 cm³/mol. The van der Waals surface area contributed by atoms with Gasteiger partial charge in [0.1, 0.15) is 0 Å². The molecule has 0 spiro atoms. The third-order valence-corrected chi connectivity index (χ3v) is 11.4. The van der Waals surface area contributed by atoms with E-state index < -0.39 is 15.5 Å². The van der Waals surface area contributed by atoms with E-state index in [1.54, 1.807) is 0 Å². The maximum atomic E-state index is 13.0. The van der Waals surface area contributed by atoms with Crippen molar-refractivity contribution in [3.05, 3.63) is 57.6 Å². The molecule has 0 N–H and O–H groups in total. The van der Waals surface area contributed by atoms with Gasteiger partial charge in [-0.25, -0.2) is 0 Å². The fourth-order valence-corrected chi connectivity index (χ4v) is 11.1. The van der Waals surface area contributed by atoms with Crippen LogP contribution in [-0.2, 0) is 9.22 Å². The standard InChI is InChI=1S/C23H34O2SSi2/c1-15-10-17(3)22(18(4)11-15)28(26,25-21(24)14-27(7,8)9)23-19(5)12-16(2)13-20(23)6/h10-13,26H,14H2,1-9H3. The monoisotopic (exact) mass is 430 g/mol. The van der Waals surface area contributed by atoms with Crippen LogP contribution < -0.4 is 10.4 Å². The molecule has 0 fully saturated rings. The molecule has 0 unspecified atom stereocenters. The van der Waals surface area contributed by atoms with Gasteiger partial charge in [-0.3, -0.25) is 4.79 Å². The van der Waals surface area contributed by atoms with Gasteiger partial charge in [-0.2, -0.15) is 12.1 Å². The summed E-state index contributed by atoms with van der Waals surface area (Å²) in [5.41, 5.74) is 7.04. The quantitative estimate of drug-likeness (QED) is 0.539. The fraction of sp³-hybridized carbons (Fsp3) is 0.435. The first kappa shape index (κ1) is 23.0. The van der Waals surface area contributed by atoms with Crippen molar-refractivity contribution in [3.63, 3.8) is 0 Å². The molecule has 2 aromatic rings. The lowest BCUT2D eigenvalue weighted by molar-refractivity contribution is -0.132. The summed E-state index contributed by atoms with van der Waals surface area (Å²) in [4.78, 5) is 13.0. The van der Waals surface area contributed by atoms with Crippen molar-refractivity contribution in [2.75, 3.05) is 0 Å². The van der Waals surface area contributed by atoms with Crippen molar-refractivity contribution in [1.29, 1.82) is 0 Å². The lowest BCUT2D eigenvalue weighted by atomic mass is 10.1. The van der Waals surface area contributed by atoms with E-state index in [-0.39, 0.29) is 5.97 Å². The predicted octanol–water partition coefficient (Wildman–Crippen LogP) is 4.90. The second kappa shape index (κ2) is 8.21. The molecule has 0 amide bonds. The zero-order valence-electron chi connectivity index (χ0n) is 18.8. The van der Waals surface area contributed by atoms with E-state index in [2.05, 4.69) is 85.4 Å². The molecule has 5 heteroatoms. The summed E-state index contributed by atoms with van der Waals surface area (Å²) in [6.07, 6.45) is 0. The summed E-state index contributed by atoms with van der Waals surface area (Å²) in [5, 5.41) is 2.22. The van der Waals surface area contributed by atoms with Crippen molar-refractivity contribution in [2.45, 2.75) is 67.2 Å². The third kappa shape index (κ3) is 4.99. The van der Waals surface area contributed by atoms with Gasteiger partial charge in [0, 0.05) is 6.04 Å². The van der Waals surface area contributed by atoms with Crippen molar-refractivity contribution < 1.29 is 9.22 Å². The van der Waals surface area contributed by atoms with Crippen LogP contribution in [0.4, 0.5) is 0 Å². The first-order valence-electron chi connectivity index (χ1n) is 9.85.